The van der Waals surface area contributed by atoms with Crippen LogP contribution in [0, 0.1) is 5.92 Å². The Balaban J connectivity index is 2.27. The van der Waals surface area contributed by atoms with Crippen LogP contribution in [-0.2, 0) is 9.53 Å². The first kappa shape index (κ1) is 12.5. The highest BCUT2D eigenvalue weighted by atomic mass is 16.5. The Labute approximate surface area is 92.0 Å². The van der Waals surface area contributed by atoms with Crippen molar-refractivity contribution < 1.29 is 9.53 Å². The van der Waals surface area contributed by atoms with E-state index in [0.29, 0.717) is 6.61 Å². The Morgan fingerprint density at radius 1 is 1.53 bits per heavy atom. The second kappa shape index (κ2) is 6.08. The molecule has 1 aliphatic heterocycles. The first-order valence-corrected chi connectivity index (χ1v) is 5.61. The van der Waals surface area contributed by atoms with Crippen molar-refractivity contribution in [3.8, 4) is 0 Å². The summed E-state index contributed by atoms with van der Waals surface area (Å²) in [5.41, 5.74) is 0. The number of carbonyl (C=O) groups is 1. The van der Waals surface area contributed by atoms with Crippen molar-refractivity contribution in [3.63, 3.8) is 0 Å². The fraction of sp³-hybridized carbons (Fsp3) is 0.909. The lowest BCUT2D eigenvalue weighted by Gasteiger charge is -2.28. The van der Waals surface area contributed by atoms with E-state index in [-0.39, 0.29) is 17.9 Å². The van der Waals surface area contributed by atoms with Crippen LogP contribution in [0.4, 0.5) is 0 Å². The second-order valence-corrected chi connectivity index (χ2v) is 4.44. The number of likely N-dealkylation sites (tertiary alicyclic amines) is 1. The molecule has 1 atom stereocenters. The molecular weight excluding hydrogens is 192 g/mol. The van der Waals surface area contributed by atoms with Gasteiger partial charge >= 0.3 is 0 Å². The van der Waals surface area contributed by atoms with Gasteiger partial charge in [0.25, 0.3) is 0 Å². The average molecular weight is 214 g/mol. The number of nitrogens with one attached hydrogen (secondary N) is 1. The maximum Gasteiger partial charge on any atom is 0.223 e. The monoisotopic (exact) mass is 214 g/mol. The van der Waals surface area contributed by atoms with Gasteiger partial charge in [0, 0.05) is 19.1 Å². The van der Waals surface area contributed by atoms with E-state index in [4.69, 9.17) is 4.74 Å². The van der Waals surface area contributed by atoms with E-state index in [0.717, 1.165) is 25.9 Å². The smallest absolute Gasteiger partial charge is 0.223 e. The highest BCUT2D eigenvalue weighted by Gasteiger charge is 2.23. The fourth-order valence-corrected chi connectivity index (χ4v) is 1.92. The van der Waals surface area contributed by atoms with Crippen LogP contribution in [0.3, 0.4) is 0 Å². The predicted molar refractivity (Wildman–Crippen MR) is 59.7 cm³/mol. The molecule has 1 aliphatic rings. The predicted octanol–water partition coefficient (Wildman–Crippen LogP) is 0.479. The van der Waals surface area contributed by atoms with E-state index in [1.165, 1.54) is 0 Å². The summed E-state index contributed by atoms with van der Waals surface area (Å²) in [6, 6.07) is 0.113. The third-order valence-electron chi connectivity index (χ3n) is 2.89. The van der Waals surface area contributed by atoms with Crippen molar-refractivity contribution in [3.05, 3.63) is 0 Å². The van der Waals surface area contributed by atoms with Gasteiger partial charge in [0.2, 0.25) is 5.91 Å². The molecule has 1 heterocycles. The fourth-order valence-electron chi connectivity index (χ4n) is 1.92. The molecule has 0 aliphatic carbocycles. The molecule has 1 N–H and O–H groups in total. The van der Waals surface area contributed by atoms with Crippen molar-refractivity contribution in [2.45, 2.75) is 25.8 Å². The first-order chi connectivity index (χ1) is 7.13. The van der Waals surface area contributed by atoms with Crippen LogP contribution in [0.25, 0.3) is 0 Å². The molecule has 0 aromatic heterocycles. The largest absolute Gasteiger partial charge is 0.383 e. The molecular formula is C11H22N2O2. The Morgan fingerprint density at radius 2 is 2.13 bits per heavy atom. The van der Waals surface area contributed by atoms with Gasteiger partial charge in [0.05, 0.1) is 6.61 Å². The zero-order valence-electron chi connectivity index (χ0n) is 9.95. The van der Waals surface area contributed by atoms with Gasteiger partial charge in [0.15, 0.2) is 0 Å². The lowest BCUT2D eigenvalue weighted by Crippen LogP contribution is -2.43. The maximum atomic E-state index is 11.8. The van der Waals surface area contributed by atoms with Gasteiger partial charge < -0.3 is 15.0 Å². The van der Waals surface area contributed by atoms with Crippen LogP contribution in [0.15, 0.2) is 0 Å². The number of hydrogen-bond donors (Lipinski definition) is 1. The van der Waals surface area contributed by atoms with E-state index >= 15 is 0 Å². The topological polar surface area (TPSA) is 41.6 Å². The minimum absolute atomic E-state index is 0.113. The number of methoxy groups -OCH3 is 1. The highest BCUT2D eigenvalue weighted by Crippen LogP contribution is 2.15. The molecule has 1 amide bonds. The third-order valence-corrected chi connectivity index (χ3v) is 2.89. The van der Waals surface area contributed by atoms with Gasteiger partial charge in [-0.25, -0.2) is 0 Å². The summed E-state index contributed by atoms with van der Waals surface area (Å²) in [6.07, 6.45) is 1.95. The number of carbonyl (C=O) groups excluding carboxylic acids is 1. The van der Waals surface area contributed by atoms with Crippen LogP contribution < -0.4 is 5.32 Å². The van der Waals surface area contributed by atoms with Gasteiger partial charge in [0.1, 0.15) is 0 Å². The average Bonchev–Trinajstić information content (AvgIpc) is 2.18. The van der Waals surface area contributed by atoms with Crippen LogP contribution in [0.1, 0.15) is 19.8 Å². The van der Waals surface area contributed by atoms with Gasteiger partial charge in [-0.15, -0.1) is 0 Å². The summed E-state index contributed by atoms with van der Waals surface area (Å²) >= 11 is 0. The molecule has 1 saturated heterocycles. The quantitative estimate of drug-likeness (QED) is 0.740. The third kappa shape index (κ3) is 4.18. The zero-order chi connectivity index (χ0) is 11.3. The summed E-state index contributed by atoms with van der Waals surface area (Å²) in [4.78, 5) is 14.1. The maximum absolute atomic E-state index is 11.8. The minimum Gasteiger partial charge on any atom is -0.383 e. The SMILES string of the molecule is COCC(C)NC(=O)C1CCN(C)CC1. The molecule has 15 heavy (non-hydrogen) atoms. The van der Waals surface area contributed by atoms with Gasteiger partial charge in [-0.3, -0.25) is 4.79 Å². The number of hydrogen-bond acceptors (Lipinski definition) is 3. The van der Waals surface area contributed by atoms with Gasteiger partial charge in [-0.05, 0) is 39.9 Å². The molecule has 4 nitrogen and oxygen atoms in total. The van der Waals surface area contributed by atoms with E-state index in [9.17, 15) is 4.79 Å². The molecule has 1 fully saturated rings. The number of rotatable bonds is 4. The first-order valence-electron chi connectivity index (χ1n) is 5.61. The molecule has 0 spiro atoms. The molecule has 88 valence electrons. The molecule has 0 aromatic carbocycles. The second-order valence-electron chi connectivity index (χ2n) is 4.44. The molecule has 0 bridgehead atoms. The Morgan fingerprint density at radius 3 is 2.67 bits per heavy atom. The van der Waals surface area contributed by atoms with Crippen molar-refractivity contribution in [2.24, 2.45) is 5.92 Å². The summed E-state index contributed by atoms with van der Waals surface area (Å²) in [5, 5.41) is 2.98. The van der Waals surface area contributed by atoms with Crippen molar-refractivity contribution >= 4 is 5.91 Å². The lowest BCUT2D eigenvalue weighted by atomic mass is 9.96. The van der Waals surface area contributed by atoms with Crippen LogP contribution in [-0.4, -0.2) is 50.7 Å². The summed E-state index contributed by atoms with van der Waals surface area (Å²) < 4.78 is 4.99. The Bertz CT molecular complexity index is 201. The number of amides is 1. The summed E-state index contributed by atoms with van der Waals surface area (Å²) in [7, 11) is 3.75. The van der Waals surface area contributed by atoms with E-state index < -0.39 is 0 Å². The van der Waals surface area contributed by atoms with Crippen molar-refractivity contribution in [2.75, 3.05) is 33.9 Å². The van der Waals surface area contributed by atoms with Crippen molar-refractivity contribution in [1.29, 1.82) is 0 Å². The number of ether oxygens (including phenoxy) is 1. The lowest BCUT2D eigenvalue weighted by molar-refractivity contribution is -0.127. The Kier molecular flexibility index (Phi) is 5.05. The Hall–Kier alpha value is -0.610. The molecule has 4 heteroatoms. The standard InChI is InChI=1S/C11H22N2O2/c1-9(8-15-3)12-11(14)10-4-6-13(2)7-5-10/h9-10H,4-8H2,1-3H3,(H,12,14). The van der Waals surface area contributed by atoms with E-state index in [1.807, 2.05) is 6.92 Å². The van der Waals surface area contributed by atoms with E-state index in [2.05, 4.69) is 17.3 Å². The highest BCUT2D eigenvalue weighted by molar-refractivity contribution is 5.79. The zero-order valence-corrected chi connectivity index (χ0v) is 9.95. The summed E-state index contributed by atoms with van der Waals surface area (Å²) in [6.45, 7) is 4.60. The molecule has 0 saturated carbocycles. The van der Waals surface area contributed by atoms with Crippen LogP contribution >= 0.6 is 0 Å². The number of nitrogens with zero attached hydrogens (tertiary/aromatic N) is 1. The van der Waals surface area contributed by atoms with Gasteiger partial charge in [-0.1, -0.05) is 0 Å². The molecule has 0 radical (unpaired) electrons. The van der Waals surface area contributed by atoms with Crippen LogP contribution in [0.5, 0.6) is 0 Å². The molecule has 1 unspecified atom stereocenters. The normalized spacial score (nSPS) is 21.3. The number of piperidine rings is 1. The molecule has 1 rings (SSSR count). The van der Waals surface area contributed by atoms with Crippen LogP contribution in [0.2, 0.25) is 0 Å². The molecule has 0 aromatic rings. The van der Waals surface area contributed by atoms with Gasteiger partial charge in [-0.2, -0.15) is 0 Å². The summed E-state index contributed by atoms with van der Waals surface area (Å²) in [5.74, 6) is 0.383. The van der Waals surface area contributed by atoms with Crippen molar-refractivity contribution in [1.82, 2.24) is 10.2 Å². The minimum atomic E-state index is 0.113. The van der Waals surface area contributed by atoms with E-state index in [1.54, 1.807) is 7.11 Å².